The van der Waals surface area contributed by atoms with Crippen LogP contribution in [0, 0.1) is 11.9 Å². The molecule has 0 aromatic heterocycles. The van der Waals surface area contributed by atoms with Crippen LogP contribution in [-0.4, -0.2) is 0 Å². The zero-order chi connectivity index (χ0) is 11.6. The van der Waals surface area contributed by atoms with Crippen molar-refractivity contribution in [3.05, 3.63) is 42.2 Å². The monoisotopic (exact) mass is 220 g/mol. The molecule has 15 heavy (non-hydrogen) atoms. The van der Waals surface area contributed by atoms with Gasteiger partial charge < -0.3 is 0 Å². The molecule has 3 heteroatoms. The molecule has 0 aliphatic heterocycles. The maximum absolute atomic E-state index is 13.3. The van der Waals surface area contributed by atoms with Gasteiger partial charge in [0.15, 0.2) is 0 Å². The number of hydrogen-bond acceptors (Lipinski definition) is 1. The van der Waals surface area contributed by atoms with E-state index in [4.69, 9.17) is 11.9 Å². The molecule has 1 aromatic carbocycles. The van der Waals surface area contributed by atoms with Crippen LogP contribution in [0.15, 0.2) is 25.3 Å². The second kappa shape index (κ2) is 4.44. The van der Waals surface area contributed by atoms with Gasteiger partial charge in [0.2, 0.25) is 0 Å². The number of anilines is 1. The molecule has 0 spiro atoms. The van der Waals surface area contributed by atoms with Crippen LogP contribution in [0.2, 0.25) is 0 Å². The van der Waals surface area contributed by atoms with Crippen molar-refractivity contribution in [2.75, 3.05) is 5.73 Å². The fraction of sp³-hybridized carbons (Fsp3) is 0.0833. The Morgan fingerprint density at radius 2 is 1.93 bits per heavy atom. The molecule has 0 saturated heterocycles. The molecule has 0 saturated carbocycles. The predicted molar refractivity (Wildman–Crippen MR) is 66.4 cm³/mol. The van der Waals surface area contributed by atoms with Gasteiger partial charge in [-0.3, -0.25) is 0 Å². The summed E-state index contributed by atoms with van der Waals surface area (Å²) in [6, 6.07) is 2.70. The van der Waals surface area contributed by atoms with Crippen molar-refractivity contribution in [3.8, 4) is 6.13 Å². The van der Waals surface area contributed by atoms with Crippen LogP contribution in [0.25, 0.3) is 10.9 Å². The Kier molecular flexibility index (Phi) is 3.47. The van der Waals surface area contributed by atoms with Gasteiger partial charge in [-0.1, -0.05) is 0 Å². The van der Waals surface area contributed by atoms with Gasteiger partial charge >= 0.3 is 90.0 Å². The second-order valence-electron chi connectivity index (χ2n) is 3.27. The summed E-state index contributed by atoms with van der Waals surface area (Å²) in [4.78, 5) is 0. The first-order valence-electron chi connectivity index (χ1n) is 4.32. The Labute approximate surface area is 90.6 Å². The van der Waals surface area contributed by atoms with Gasteiger partial charge in [-0.2, -0.15) is 0 Å². The number of hydrogen-bond donors (Lipinski definition) is 1. The molecular weight excluding hydrogens is 208 g/mol. The Morgan fingerprint density at radius 3 is 2.40 bits per heavy atom. The van der Waals surface area contributed by atoms with E-state index >= 15 is 0 Å². The minimum absolute atomic E-state index is 0.359. The van der Waals surface area contributed by atoms with Crippen LogP contribution < -0.4 is 5.73 Å². The molecule has 0 atom stereocenters. The van der Waals surface area contributed by atoms with Crippen LogP contribution in [0.4, 0.5) is 10.1 Å². The normalized spacial score (nSPS) is 9.67. The van der Waals surface area contributed by atoms with Crippen LogP contribution in [0.3, 0.4) is 0 Å². The first-order chi connectivity index (χ1) is 6.97. The summed E-state index contributed by atoms with van der Waals surface area (Å²) < 4.78 is 13.3. The zero-order valence-electron chi connectivity index (χ0n) is 8.55. The molecule has 76 valence electrons. The molecule has 1 nitrogen and oxygen atoms in total. The van der Waals surface area contributed by atoms with Gasteiger partial charge in [0.25, 0.3) is 0 Å². The molecule has 0 amide bonds. The topological polar surface area (TPSA) is 26.0 Å². The van der Waals surface area contributed by atoms with Gasteiger partial charge in [-0.25, -0.2) is 0 Å². The Hall–Kier alpha value is -1.36. The number of benzene rings is 1. The Bertz CT molecular complexity index is 483. The fourth-order valence-electron chi connectivity index (χ4n) is 1.28. The van der Waals surface area contributed by atoms with E-state index in [1.807, 2.05) is 0 Å². The van der Waals surface area contributed by atoms with Gasteiger partial charge in [0.1, 0.15) is 0 Å². The van der Waals surface area contributed by atoms with Crippen LogP contribution in [0.1, 0.15) is 18.1 Å². The van der Waals surface area contributed by atoms with Crippen molar-refractivity contribution >= 4 is 24.6 Å². The van der Waals surface area contributed by atoms with E-state index in [0.29, 0.717) is 30.2 Å². The number of allylic oxidation sites excluding steroid dienone is 1. The van der Waals surface area contributed by atoms with Crippen LogP contribution in [-0.2, 0) is 0 Å². The van der Waals surface area contributed by atoms with E-state index in [2.05, 4.69) is 13.2 Å². The summed E-state index contributed by atoms with van der Waals surface area (Å²) in [6.07, 6.45) is 5.42. The standard InChI is InChI=1S/C12H12FNP/c1-7(2)10-5-9(13)6-11(12(10)14)8(3)15-4/h4-6H,1,3,14H2,2H3/q+1. The minimum atomic E-state index is -0.359. The summed E-state index contributed by atoms with van der Waals surface area (Å²) in [7, 11) is 0.486. The average molecular weight is 220 g/mol. The molecular formula is C12H12FNP+. The van der Waals surface area contributed by atoms with Gasteiger partial charge in [0, 0.05) is 0 Å². The van der Waals surface area contributed by atoms with E-state index in [1.54, 1.807) is 6.92 Å². The zero-order valence-corrected chi connectivity index (χ0v) is 9.44. The van der Waals surface area contributed by atoms with Crippen molar-refractivity contribution in [1.29, 1.82) is 0 Å². The molecule has 0 unspecified atom stereocenters. The van der Waals surface area contributed by atoms with Crippen molar-refractivity contribution in [2.45, 2.75) is 6.92 Å². The summed E-state index contributed by atoms with van der Waals surface area (Å²) in [6.45, 7) is 9.25. The predicted octanol–water partition coefficient (Wildman–Crippen LogP) is 3.95. The van der Waals surface area contributed by atoms with Crippen molar-refractivity contribution in [2.24, 2.45) is 0 Å². The molecule has 0 radical (unpaired) electrons. The van der Waals surface area contributed by atoms with E-state index in [1.165, 1.54) is 12.1 Å². The van der Waals surface area contributed by atoms with Crippen molar-refractivity contribution in [3.63, 3.8) is 0 Å². The molecule has 2 N–H and O–H groups in total. The molecule has 0 bridgehead atoms. The number of nitrogen functional groups attached to an aromatic ring is 1. The van der Waals surface area contributed by atoms with Gasteiger partial charge in [0.05, 0.1) is 0 Å². The SMILES string of the molecule is C#[P+]C(=C)c1cc(F)cc(C(=C)C)c1N. The van der Waals surface area contributed by atoms with Crippen molar-refractivity contribution < 1.29 is 4.39 Å². The van der Waals surface area contributed by atoms with Crippen LogP contribution in [0.5, 0.6) is 0 Å². The third kappa shape index (κ3) is 2.36. The first-order valence-corrected chi connectivity index (χ1v) is 5.28. The quantitative estimate of drug-likeness (QED) is 0.592. The molecule has 0 aliphatic carbocycles. The maximum atomic E-state index is 13.3. The Morgan fingerprint density at radius 1 is 1.40 bits per heavy atom. The fourth-order valence-corrected chi connectivity index (χ4v) is 1.60. The van der Waals surface area contributed by atoms with Gasteiger partial charge in [-0.05, 0) is 0 Å². The summed E-state index contributed by atoms with van der Waals surface area (Å²) >= 11 is 0. The Balaban J connectivity index is 3.49. The van der Waals surface area contributed by atoms with E-state index in [9.17, 15) is 4.39 Å². The third-order valence-corrected chi connectivity index (χ3v) is 2.62. The summed E-state index contributed by atoms with van der Waals surface area (Å²) in [5, 5.41) is 0.592. The summed E-state index contributed by atoms with van der Waals surface area (Å²) in [5.74, 6) is -0.359. The average Bonchev–Trinajstić information content (AvgIpc) is 2.19. The summed E-state index contributed by atoms with van der Waals surface area (Å²) in [5.41, 5.74) is 8.24. The van der Waals surface area contributed by atoms with E-state index in [-0.39, 0.29) is 5.82 Å². The number of nitrogens with two attached hydrogens (primary N) is 1. The molecule has 1 rings (SSSR count). The third-order valence-electron chi connectivity index (χ3n) is 2.07. The van der Waals surface area contributed by atoms with Crippen molar-refractivity contribution in [1.82, 2.24) is 0 Å². The molecule has 1 aromatic rings. The second-order valence-corrected chi connectivity index (χ2v) is 4.07. The van der Waals surface area contributed by atoms with E-state index < -0.39 is 0 Å². The first kappa shape index (κ1) is 11.7. The molecule has 0 aliphatic rings. The van der Waals surface area contributed by atoms with Crippen LogP contribution >= 0.6 is 8.04 Å². The van der Waals surface area contributed by atoms with E-state index in [0.717, 1.165) is 5.57 Å². The molecule has 0 heterocycles. The number of halogens is 1. The number of rotatable bonds is 2. The molecule has 0 fully saturated rings. The van der Waals surface area contributed by atoms with Gasteiger partial charge in [-0.15, -0.1) is 0 Å².